The number of nitrogens with zero attached hydrogens (tertiary/aromatic N) is 2. The molecule has 0 unspecified atom stereocenters. The van der Waals surface area contributed by atoms with Crippen molar-refractivity contribution in [2.75, 3.05) is 36.6 Å². The van der Waals surface area contributed by atoms with Crippen molar-refractivity contribution in [3.63, 3.8) is 0 Å². The number of benzene rings is 3. The number of alkyl halides is 3. The first-order valence-corrected chi connectivity index (χ1v) is 18.2. The van der Waals surface area contributed by atoms with Crippen molar-refractivity contribution in [2.24, 2.45) is 0 Å². The van der Waals surface area contributed by atoms with Gasteiger partial charge in [0.15, 0.2) is 21.4 Å². The third kappa shape index (κ3) is 9.69. The topological polar surface area (TPSA) is 190 Å². The predicted octanol–water partition coefficient (Wildman–Crippen LogP) is 7.00. The molecule has 1 aliphatic rings. The average Bonchev–Trinajstić information content (AvgIpc) is 3.61. The SMILES string of the molecule is CCOc1cc([C@@H](Nc2ccc3c(N)nccc3c2)C(=O)N2CCC[C@@H]2c2cc(NC(=O)OC)ccc2S(=O)(=O)C(C)C)c(F)cc1F.O=C(O)C(F)(F)F. The highest BCUT2D eigenvalue weighted by Gasteiger charge is 2.40. The minimum Gasteiger partial charge on any atom is -0.491 e. The van der Waals surface area contributed by atoms with Crippen LogP contribution in [0.2, 0.25) is 0 Å². The van der Waals surface area contributed by atoms with Crippen molar-refractivity contribution < 1.29 is 59.3 Å². The molecule has 4 aromatic rings. The number of hydrogen-bond donors (Lipinski definition) is 4. The van der Waals surface area contributed by atoms with Gasteiger partial charge in [-0.2, -0.15) is 13.2 Å². The predicted molar refractivity (Wildman–Crippen MR) is 192 cm³/mol. The second kappa shape index (κ2) is 17.2. The maximum Gasteiger partial charge on any atom is 0.490 e. The van der Waals surface area contributed by atoms with E-state index < -0.39 is 63.0 Å². The van der Waals surface area contributed by atoms with Crippen LogP contribution in [0.5, 0.6) is 5.75 Å². The molecule has 296 valence electrons. The first-order valence-electron chi connectivity index (χ1n) is 16.7. The average molecular weight is 796 g/mol. The Labute approximate surface area is 312 Å². The summed E-state index contributed by atoms with van der Waals surface area (Å²) in [6.45, 7) is 5.08. The molecule has 55 heavy (non-hydrogen) atoms. The summed E-state index contributed by atoms with van der Waals surface area (Å²) in [5, 5.41) is 13.4. The second-order valence-corrected chi connectivity index (χ2v) is 14.9. The molecular weight excluding hydrogens is 757 g/mol. The van der Waals surface area contributed by atoms with Gasteiger partial charge in [-0.25, -0.2) is 31.8 Å². The number of nitrogens with two attached hydrogens (primary N) is 1. The lowest BCUT2D eigenvalue weighted by Gasteiger charge is -2.32. The number of methoxy groups -OCH3 is 1. The van der Waals surface area contributed by atoms with Gasteiger partial charge in [0.2, 0.25) is 5.91 Å². The van der Waals surface area contributed by atoms with Crippen molar-refractivity contribution in [1.29, 1.82) is 0 Å². The number of carboxylic acids is 1. The lowest BCUT2D eigenvalue weighted by Crippen LogP contribution is -2.38. The van der Waals surface area contributed by atoms with Gasteiger partial charge in [0, 0.05) is 41.1 Å². The highest BCUT2D eigenvalue weighted by molar-refractivity contribution is 7.92. The fourth-order valence-electron chi connectivity index (χ4n) is 5.85. The minimum absolute atomic E-state index is 0.00875. The summed E-state index contributed by atoms with van der Waals surface area (Å²) in [5.41, 5.74) is 6.86. The van der Waals surface area contributed by atoms with E-state index in [1.165, 1.54) is 30.2 Å². The number of hydrogen-bond acceptors (Lipinski definition) is 10. The number of carbonyl (C=O) groups excluding carboxylic acids is 2. The van der Waals surface area contributed by atoms with E-state index in [4.69, 9.17) is 25.1 Å². The maximum atomic E-state index is 15.7. The number of pyridine rings is 1. The highest BCUT2D eigenvalue weighted by Crippen LogP contribution is 2.41. The zero-order chi connectivity index (χ0) is 40.8. The van der Waals surface area contributed by atoms with Crippen LogP contribution in [0, 0.1) is 11.6 Å². The number of halogens is 5. The number of ether oxygens (including phenoxy) is 2. The molecule has 0 saturated carbocycles. The van der Waals surface area contributed by atoms with Gasteiger partial charge in [-0.05, 0) is 93.1 Å². The van der Waals surface area contributed by atoms with Crippen LogP contribution in [0.1, 0.15) is 56.8 Å². The zero-order valence-electron chi connectivity index (χ0n) is 29.9. The Hall–Kier alpha value is -5.72. The lowest BCUT2D eigenvalue weighted by molar-refractivity contribution is -0.192. The molecule has 1 fully saturated rings. The number of anilines is 3. The molecule has 0 bridgehead atoms. The van der Waals surface area contributed by atoms with Crippen LogP contribution >= 0.6 is 0 Å². The summed E-state index contributed by atoms with van der Waals surface area (Å²) < 4.78 is 99.3. The van der Waals surface area contributed by atoms with Gasteiger partial charge in [0.1, 0.15) is 17.7 Å². The summed E-state index contributed by atoms with van der Waals surface area (Å²) in [7, 11) is -2.65. The van der Waals surface area contributed by atoms with Crippen LogP contribution in [0.3, 0.4) is 0 Å². The fourth-order valence-corrected chi connectivity index (χ4v) is 7.14. The second-order valence-electron chi connectivity index (χ2n) is 12.4. The molecule has 13 nitrogen and oxygen atoms in total. The molecule has 2 amide bonds. The first kappa shape index (κ1) is 42.0. The van der Waals surface area contributed by atoms with Crippen molar-refractivity contribution in [3.8, 4) is 5.75 Å². The van der Waals surface area contributed by atoms with Gasteiger partial charge in [0.25, 0.3) is 0 Å². The first-order chi connectivity index (χ1) is 25.8. The number of nitrogens with one attached hydrogen (secondary N) is 2. The third-order valence-corrected chi connectivity index (χ3v) is 10.7. The van der Waals surface area contributed by atoms with E-state index in [0.29, 0.717) is 46.7 Å². The van der Waals surface area contributed by atoms with E-state index in [1.54, 1.807) is 51.2 Å². The molecule has 5 rings (SSSR count). The number of aromatic nitrogens is 1. The summed E-state index contributed by atoms with van der Waals surface area (Å²) in [4.78, 5) is 41.2. The summed E-state index contributed by atoms with van der Waals surface area (Å²) in [5.74, 6) is -5.15. The Kier molecular flexibility index (Phi) is 13.1. The number of carboxylic acid groups (broad SMARTS) is 1. The van der Waals surface area contributed by atoms with Crippen molar-refractivity contribution >= 4 is 55.8 Å². The molecule has 5 N–H and O–H groups in total. The van der Waals surface area contributed by atoms with Crippen LogP contribution in [-0.4, -0.2) is 73.1 Å². The van der Waals surface area contributed by atoms with Crippen molar-refractivity contribution in [2.45, 2.75) is 62.0 Å². The van der Waals surface area contributed by atoms with E-state index in [2.05, 4.69) is 15.6 Å². The molecule has 2 atom stereocenters. The molecule has 1 saturated heterocycles. The third-order valence-electron chi connectivity index (χ3n) is 8.52. The van der Waals surface area contributed by atoms with Gasteiger partial charge >= 0.3 is 18.2 Å². The molecule has 2 heterocycles. The number of fused-ring (bicyclic) bond motifs is 1. The molecule has 0 spiro atoms. The van der Waals surface area contributed by atoms with Gasteiger partial charge in [-0.15, -0.1) is 0 Å². The van der Waals surface area contributed by atoms with E-state index in [9.17, 15) is 35.6 Å². The Bertz CT molecular complexity index is 2190. The highest BCUT2D eigenvalue weighted by atomic mass is 32.2. The molecule has 0 radical (unpaired) electrons. The molecular formula is C36H38F5N5O8S. The number of nitrogen functional groups attached to an aromatic ring is 1. The Morgan fingerprint density at radius 2 is 1.71 bits per heavy atom. The van der Waals surface area contributed by atoms with Gasteiger partial charge in [-0.1, -0.05) is 0 Å². The molecule has 3 aromatic carbocycles. The van der Waals surface area contributed by atoms with Gasteiger partial charge in [0.05, 0.1) is 29.9 Å². The zero-order valence-corrected chi connectivity index (χ0v) is 30.7. The summed E-state index contributed by atoms with van der Waals surface area (Å²) in [6.07, 6.45) is -3.40. The van der Waals surface area contributed by atoms with Crippen LogP contribution in [-0.2, 0) is 24.2 Å². The van der Waals surface area contributed by atoms with E-state index in [0.717, 1.165) is 6.07 Å². The van der Waals surface area contributed by atoms with E-state index in [1.807, 2.05) is 0 Å². The largest absolute Gasteiger partial charge is 0.491 e. The number of amides is 2. The normalized spacial score (nSPS) is 14.9. The van der Waals surface area contributed by atoms with Gasteiger partial charge in [-0.3, -0.25) is 10.1 Å². The number of carbonyl (C=O) groups is 3. The Morgan fingerprint density at radius 1 is 1.04 bits per heavy atom. The molecule has 1 aliphatic heterocycles. The van der Waals surface area contributed by atoms with Crippen molar-refractivity contribution in [1.82, 2.24) is 9.88 Å². The summed E-state index contributed by atoms with van der Waals surface area (Å²) >= 11 is 0. The number of rotatable bonds is 10. The smallest absolute Gasteiger partial charge is 0.490 e. The lowest BCUT2D eigenvalue weighted by atomic mass is 10.00. The number of likely N-dealkylation sites (tertiary alicyclic amines) is 1. The Balaban J connectivity index is 0.000000876. The monoisotopic (exact) mass is 795 g/mol. The van der Waals surface area contributed by atoms with Gasteiger partial charge < -0.3 is 30.5 Å². The molecule has 1 aromatic heterocycles. The minimum atomic E-state index is -5.08. The van der Waals surface area contributed by atoms with Crippen molar-refractivity contribution in [3.05, 3.63) is 83.6 Å². The van der Waals surface area contributed by atoms with Crippen LogP contribution in [0.25, 0.3) is 10.8 Å². The number of aliphatic carboxylic acids is 1. The van der Waals surface area contributed by atoms with E-state index >= 15 is 4.39 Å². The standard InChI is InChI=1S/C34H37F2N5O6S.C2HF3O2/c1-5-47-29-17-24(26(35)18-27(29)36)31(39-21-8-10-23-20(15-21)12-13-38-32(23)37)33(42)41-14-6-7-28(41)25-16-22(40-34(43)46-4)9-11-30(25)48(44,45)19(2)3;3-2(4,5)1(6)7/h8-13,15-19,28,31,39H,5-7,14H2,1-4H3,(H2,37,38)(H,40,43);(H,6,7)/t28-,31-;/m1./s1. The molecule has 19 heteroatoms. The van der Waals surface area contributed by atoms with Crippen LogP contribution in [0.15, 0.2) is 65.7 Å². The maximum absolute atomic E-state index is 15.7. The quantitative estimate of drug-likeness (QED) is 0.121. The summed E-state index contributed by atoms with van der Waals surface area (Å²) in [6, 6.07) is 10.9. The van der Waals surface area contributed by atoms with Crippen LogP contribution < -0.4 is 21.1 Å². The Morgan fingerprint density at radius 3 is 2.33 bits per heavy atom. The number of sulfone groups is 1. The van der Waals surface area contributed by atoms with E-state index in [-0.39, 0.29) is 35.0 Å². The fraction of sp³-hybridized carbons (Fsp3) is 0.333. The molecule has 0 aliphatic carbocycles. The van der Waals surface area contributed by atoms with Crippen LogP contribution in [0.4, 0.5) is 43.9 Å².